The average Bonchev–Trinajstić information content (AvgIpc) is 2.67. The minimum Gasteiger partial charge on any atom is -0.394 e. The maximum Gasteiger partial charge on any atom is 0.318 e. The number of likely N-dealkylation sites (tertiary alicyclic amines) is 1. The van der Waals surface area contributed by atoms with Gasteiger partial charge in [-0.1, -0.05) is 61.5 Å². The zero-order chi connectivity index (χ0) is 18.5. The first-order chi connectivity index (χ1) is 12.7. The van der Waals surface area contributed by atoms with Gasteiger partial charge in [0.25, 0.3) is 0 Å². The molecule has 0 spiro atoms. The van der Waals surface area contributed by atoms with E-state index in [0.29, 0.717) is 6.54 Å². The summed E-state index contributed by atoms with van der Waals surface area (Å²) < 4.78 is 0. The largest absolute Gasteiger partial charge is 0.394 e. The molecule has 0 aromatic heterocycles. The third-order valence-electron chi connectivity index (χ3n) is 4.90. The van der Waals surface area contributed by atoms with E-state index in [1.807, 2.05) is 61.5 Å². The van der Waals surface area contributed by atoms with Crippen LogP contribution in [0.4, 0.5) is 4.79 Å². The van der Waals surface area contributed by atoms with Crippen molar-refractivity contribution in [2.75, 3.05) is 13.2 Å². The molecule has 5 nitrogen and oxygen atoms in total. The molecule has 5 heteroatoms. The average molecular weight is 349 g/mol. The highest BCUT2D eigenvalue weighted by Crippen LogP contribution is 2.43. The number of carbonyl (C=O) groups is 1. The molecular formula is C21H23N3O2. The van der Waals surface area contributed by atoms with Crippen LogP contribution in [0.5, 0.6) is 0 Å². The third-order valence-corrected chi connectivity index (χ3v) is 4.90. The maximum atomic E-state index is 12.4. The van der Waals surface area contributed by atoms with Crippen molar-refractivity contribution in [3.05, 3.63) is 60.2 Å². The summed E-state index contributed by atoms with van der Waals surface area (Å²) in [5.41, 5.74) is 3.08. The van der Waals surface area contributed by atoms with Gasteiger partial charge in [-0.3, -0.25) is 0 Å². The lowest BCUT2D eigenvalue weighted by Crippen LogP contribution is -2.67. The summed E-state index contributed by atoms with van der Waals surface area (Å²) in [4.78, 5) is 13.9. The topological polar surface area (TPSA) is 76.4 Å². The summed E-state index contributed by atoms with van der Waals surface area (Å²) in [6.45, 7) is 2.35. The SMILES string of the molecule is CCCNC(=O)N1[C@H](C#N)[C@H](c2ccccc2-c2ccccc2)[C@@H]1CO. The lowest BCUT2D eigenvalue weighted by Gasteiger charge is -2.51. The molecule has 2 amide bonds. The molecule has 1 aliphatic heterocycles. The molecule has 3 rings (SSSR count). The van der Waals surface area contributed by atoms with Crippen LogP contribution in [-0.2, 0) is 0 Å². The lowest BCUT2D eigenvalue weighted by atomic mass is 9.73. The number of aliphatic hydroxyl groups excluding tert-OH is 1. The minimum atomic E-state index is -0.589. The van der Waals surface area contributed by atoms with Crippen molar-refractivity contribution in [1.82, 2.24) is 10.2 Å². The molecule has 1 fully saturated rings. The van der Waals surface area contributed by atoms with Crippen LogP contribution in [0, 0.1) is 11.3 Å². The maximum absolute atomic E-state index is 12.4. The fourth-order valence-electron chi connectivity index (χ4n) is 3.65. The van der Waals surface area contributed by atoms with Gasteiger partial charge < -0.3 is 15.3 Å². The predicted octanol–water partition coefficient (Wildman–Crippen LogP) is 3.13. The molecular weight excluding hydrogens is 326 g/mol. The number of nitriles is 1. The monoisotopic (exact) mass is 349 g/mol. The highest BCUT2D eigenvalue weighted by atomic mass is 16.3. The summed E-state index contributed by atoms with van der Waals surface area (Å²) in [5, 5.41) is 22.4. The molecule has 1 aliphatic rings. The Morgan fingerprint density at radius 1 is 1.19 bits per heavy atom. The van der Waals surface area contributed by atoms with E-state index in [9.17, 15) is 15.2 Å². The van der Waals surface area contributed by atoms with Gasteiger partial charge in [-0.25, -0.2) is 4.79 Å². The Kier molecular flexibility index (Phi) is 5.55. The van der Waals surface area contributed by atoms with E-state index in [0.717, 1.165) is 23.1 Å². The standard InChI is InChI=1S/C21H23N3O2/c1-2-12-23-21(26)24-18(13-22)20(19(24)14-25)17-11-7-6-10-16(17)15-8-4-3-5-9-15/h3-11,18-20,25H,2,12,14H2,1H3,(H,23,26)/t18-,19+,20+/m1/s1. The Balaban J connectivity index is 1.95. The second-order valence-corrected chi connectivity index (χ2v) is 6.44. The van der Waals surface area contributed by atoms with E-state index in [2.05, 4.69) is 11.4 Å². The van der Waals surface area contributed by atoms with Crippen molar-refractivity contribution >= 4 is 6.03 Å². The van der Waals surface area contributed by atoms with E-state index >= 15 is 0 Å². The highest BCUT2D eigenvalue weighted by molar-refractivity contribution is 5.78. The van der Waals surface area contributed by atoms with Crippen LogP contribution in [0.25, 0.3) is 11.1 Å². The highest BCUT2D eigenvalue weighted by Gasteiger charge is 2.52. The van der Waals surface area contributed by atoms with Crippen LogP contribution in [0.1, 0.15) is 24.8 Å². The fraction of sp³-hybridized carbons (Fsp3) is 0.333. The Morgan fingerprint density at radius 2 is 1.88 bits per heavy atom. The normalized spacial score (nSPS) is 21.6. The van der Waals surface area contributed by atoms with Gasteiger partial charge in [-0.2, -0.15) is 5.26 Å². The number of hydrogen-bond acceptors (Lipinski definition) is 3. The van der Waals surface area contributed by atoms with Gasteiger partial charge in [0.15, 0.2) is 0 Å². The van der Waals surface area contributed by atoms with Crippen LogP contribution >= 0.6 is 0 Å². The molecule has 3 atom stereocenters. The van der Waals surface area contributed by atoms with Crippen LogP contribution in [-0.4, -0.2) is 41.3 Å². The van der Waals surface area contributed by atoms with E-state index in [-0.39, 0.29) is 18.6 Å². The molecule has 0 unspecified atom stereocenters. The van der Waals surface area contributed by atoms with E-state index in [4.69, 9.17) is 0 Å². The van der Waals surface area contributed by atoms with Crippen molar-refractivity contribution in [2.24, 2.45) is 0 Å². The number of aliphatic hydroxyl groups is 1. The van der Waals surface area contributed by atoms with Gasteiger partial charge in [0.2, 0.25) is 0 Å². The van der Waals surface area contributed by atoms with E-state index < -0.39 is 12.1 Å². The summed E-state index contributed by atoms with van der Waals surface area (Å²) >= 11 is 0. The zero-order valence-electron chi connectivity index (χ0n) is 14.8. The summed E-state index contributed by atoms with van der Waals surface area (Å²) in [6.07, 6.45) is 0.820. The number of nitrogens with one attached hydrogen (secondary N) is 1. The van der Waals surface area contributed by atoms with Crippen molar-refractivity contribution < 1.29 is 9.90 Å². The minimum absolute atomic E-state index is 0.175. The number of nitrogens with zero attached hydrogens (tertiary/aromatic N) is 2. The predicted molar refractivity (Wildman–Crippen MR) is 100 cm³/mol. The zero-order valence-corrected chi connectivity index (χ0v) is 14.8. The first-order valence-electron chi connectivity index (χ1n) is 8.93. The lowest BCUT2D eigenvalue weighted by molar-refractivity contribution is 0.0171. The van der Waals surface area contributed by atoms with Crippen molar-refractivity contribution in [3.8, 4) is 17.2 Å². The van der Waals surface area contributed by atoms with E-state index in [1.165, 1.54) is 4.90 Å². The molecule has 2 N–H and O–H groups in total. The van der Waals surface area contributed by atoms with Crippen molar-refractivity contribution in [2.45, 2.75) is 31.3 Å². The van der Waals surface area contributed by atoms with Crippen LogP contribution in [0.3, 0.4) is 0 Å². The van der Waals surface area contributed by atoms with Crippen LogP contribution in [0.15, 0.2) is 54.6 Å². The Hall–Kier alpha value is -2.84. The molecule has 134 valence electrons. The van der Waals surface area contributed by atoms with Gasteiger partial charge in [-0.15, -0.1) is 0 Å². The van der Waals surface area contributed by atoms with Gasteiger partial charge in [0, 0.05) is 12.5 Å². The summed E-state index contributed by atoms with van der Waals surface area (Å²) in [7, 11) is 0. The Labute approximate surface area is 153 Å². The Bertz CT molecular complexity index is 800. The van der Waals surface area contributed by atoms with Gasteiger partial charge in [-0.05, 0) is 23.1 Å². The number of rotatable bonds is 5. The molecule has 2 aromatic rings. The molecule has 0 saturated carbocycles. The number of urea groups is 1. The smallest absolute Gasteiger partial charge is 0.318 e. The molecule has 0 bridgehead atoms. The Morgan fingerprint density at radius 3 is 2.54 bits per heavy atom. The first-order valence-corrected chi connectivity index (χ1v) is 8.93. The molecule has 26 heavy (non-hydrogen) atoms. The van der Waals surface area contributed by atoms with Crippen LogP contribution < -0.4 is 5.32 Å². The third kappa shape index (κ3) is 3.16. The van der Waals surface area contributed by atoms with E-state index in [1.54, 1.807) is 0 Å². The van der Waals surface area contributed by atoms with Crippen molar-refractivity contribution in [3.63, 3.8) is 0 Å². The first kappa shape index (κ1) is 18.0. The second-order valence-electron chi connectivity index (χ2n) is 6.44. The van der Waals surface area contributed by atoms with Gasteiger partial charge in [0.05, 0.1) is 18.7 Å². The number of benzene rings is 2. The van der Waals surface area contributed by atoms with Crippen LogP contribution in [0.2, 0.25) is 0 Å². The molecule has 1 heterocycles. The quantitative estimate of drug-likeness (QED) is 0.871. The second kappa shape index (κ2) is 8.03. The molecule has 2 aromatic carbocycles. The molecule has 1 saturated heterocycles. The summed E-state index contributed by atoms with van der Waals surface area (Å²) in [5.74, 6) is -0.214. The fourth-order valence-corrected chi connectivity index (χ4v) is 3.65. The number of carbonyl (C=O) groups excluding carboxylic acids is 1. The molecule has 0 aliphatic carbocycles. The molecule has 0 radical (unpaired) electrons. The van der Waals surface area contributed by atoms with Gasteiger partial charge >= 0.3 is 6.03 Å². The van der Waals surface area contributed by atoms with Crippen molar-refractivity contribution in [1.29, 1.82) is 5.26 Å². The number of hydrogen-bond donors (Lipinski definition) is 2. The number of amides is 2. The summed E-state index contributed by atoms with van der Waals surface area (Å²) in [6, 6.07) is 18.8. The van der Waals surface area contributed by atoms with Gasteiger partial charge in [0.1, 0.15) is 6.04 Å².